The Morgan fingerprint density at radius 3 is 1.22 bits per heavy atom. The fourth-order valence-corrected chi connectivity index (χ4v) is 11.5. The van der Waals surface area contributed by atoms with Crippen LogP contribution in [-0.4, -0.2) is 14.1 Å². The molecule has 5 heteroatoms. The van der Waals surface area contributed by atoms with Gasteiger partial charge in [0.1, 0.15) is 0 Å². The maximum absolute atomic E-state index is 9.30. The predicted octanol–water partition coefficient (Wildman–Crippen LogP) is 18.7. The minimum Gasteiger partial charge on any atom is -0.310 e. The molecule has 0 aliphatic heterocycles. The number of pyridine rings is 1. The first kappa shape index (κ1) is 36.9. The summed E-state index contributed by atoms with van der Waals surface area (Å²) >= 11 is 0. The molecule has 12 aromatic carbocycles. The van der Waals surface area contributed by atoms with Crippen molar-refractivity contribution >= 4 is 99.3 Å². The predicted molar refractivity (Wildman–Crippen MR) is 311 cm³/mol. The minimum atomic E-state index is -0.441. The molecule has 346 valence electrons. The van der Waals surface area contributed by atoms with Crippen LogP contribution in [0.1, 0.15) is 6.85 Å². The smallest absolute Gasteiger partial charge is 0.0701 e. The van der Waals surface area contributed by atoms with Crippen molar-refractivity contribution in [1.29, 1.82) is 0 Å². The van der Waals surface area contributed by atoms with Crippen LogP contribution in [0.3, 0.4) is 0 Å². The summed E-state index contributed by atoms with van der Waals surface area (Å²) in [6.45, 7) is 0. The van der Waals surface area contributed by atoms with E-state index in [1.165, 1.54) is 16.2 Å². The average Bonchev–Trinajstić information content (AvgIpc) is 3.99. The summed E-state index contributed by atoms with van der Waals surface area (Å²) in [5, 5.41) is 9.19. The highest BCUT2D eigenvalue weighted by Crippen LogP contribution is 2.47. The van der Waals surface area contributed by atoms with E-state index < -0.39 is 18.1 Å². The van der Waals surface area contributed by atoms with E-state index in [1.54, 1.807) is 0 Å². The average molecular weight is 949 g/mol. The van der Waals surface area contributed by atoms with Gasteiger partial charge in [0, 0.05) is 78.8 Å². The molecule has 0 aliphatic carbocycles. The van der Waals surface area contributed by atoms with Gasteiger partial charge >= 0.3 is 0 Å². The first-order chi connectivity index (χ1) is 38.8. The van der Waals surface area contributed by atoms with Gasteiger partial charge in [0.25, 0.3) is 0 Å². The molecule has 0 bridgehead atoms. The summed E-state index contributed by atoms with van der Waals surface area (Å²) in [5.41, 5.74) is 14.6. The van der Waals surface area contributed by atoms with Crippen LogP contribution in [-0.2, 0) is 0 Å². The topological polar surface area (TPSA) is 29.2 Å². The Hall–Kier alpha value is -9.97. The number of hydrogen-bond donors (Lipinski definition) is 0. The van der Waals surface area contributed by atoms with Crippen molar-refractivity contribution in [2.24, 2.45) is 0 Å². The van der Waals surface area contributed by atoms with Crippen molar-refractivity contribution in [3.63, 3.8) is 0 Å². The Morgan fingerprint density at radius 2 is 0.743 bits per heavy atom. The third-order valence-corrected chi connectivity index (χ3v) is 14.7. The molecule has 0 saturated carbocycles. The van der Waals surface area contributed by atoms with E-state index in [0.29, 0.717) is 11.4 Å². The second kappa shape index (κ2) is 16.8. The molecule has 0 amide bonds. The van der Waals surface area contributed by atoms with Gasteiger partial charge in [0.05, 0.1) is 34.6 Å². The number of para-hydroxylation sites is 3. The lowest BCUT2D eigenvalue weighted by atomic mass is 10.0. The van der Waals surface area contributed by atoms with Crippen LogP contribution in [0.2, 0.25) is 0 Å². The number of anilines is 6. The Morgan fingerprint density at radius 1 is 0.311 bits per heavy atom. The SMILES string of the molecule is [2H]c1c([2H])c([2H])c(N(c2ccc(-c3ccc(N(c4ccc(-c5ccccn5)cc4)c4cc5ccc6cccc7c6c5c(c4)n7-c4ccccc4)cc3)cc2)c2cc3ccc4cccc5c4c3c(c2)n5-c2ccccc2)c([2H])c1[2H]. The summed E-state index contributed by atoms with van der Waals surface area (Å²) in [6.07, 6.45) is 1.82. The minimum absolute atomic E-state index is 0.0676. The number of hydrogen-bond acceptors (Lipinski definition) is 3. The molecule has 5 nitrogen and oxygen atoms in total. The maximum atomic E-state index is 9.30. The fourth-order valence-electron chi connectivity index (χ4n) is 11.5. The molecular weight excluding hydrogens is 899 g/mol. The molecule has 0 radical (unpaired) electrons. The molecule has 0 saturated heterocycles. The van der Waals surface area contributed by atoms with Crippen LogP contribution in [0.25, 0.3) is 98.9 Å². The lowest BCUT2D eigenvalue weighted by molar-refractivity contribution is 1.18. The van der Waals surface area contributed by atoms with E-state index >= 15 is 0 Å². The lowest BCUT2D eigenvalue weighted by Gasteiger charge is -2.27. The third-order valence-electron chi connectivity index (χ3n) is 14.7. The van der Waals surface area contributed by atoms with E-state index in [9.17, 15) is 2.74 Å². The van der Waals surface area contributed by atoms with Crippen LogP contribution in [0.5, 0.6) is 0 Å². The van der Waals surface area contributed by atoms with Crippen molar-refractivity contribution in [2.45, 2.75) is 0 Å². The van der Waals surface area contributed by atoms with Gasteiger partial charge in [-0.05, 0) is 154 Å². The largest absolute Gasteiger partial charge is 0.310 e. The zero-order valence-corrected chi connectivity index (χ0v) is 39.8. The van der Waals surface area contributed by atoms with E-state index in [-0.39, 0.29) is 17.8 Å². The molecule has 0 spiro atoms. The second-order valence-corrected chi connectivity index (χ2v) is 18.8. The molecule has 0 fully saturated rings. The molecule has 15 rings (SSSR count). The van der Waals surface area contributed by atoms with Crippen molar-refractivity contribution < 1.29 is 6.85 Å². The van der Waals surface area contributed by atoms with Crippen molar-refractivity contribution in [2.75, 3.05) is 9.80 Å². The van der Waals surface area contributed by atoms with Gasteiger partial charge in [-0.2, -0.15) is 0 Å². The van der Waals surface area contributed by atoms with E-state index in [4.69, 9.17) is 4.11 Å². The van der Waals surface area contributed by atoms with E-state index in [0.717, 1.165) is 99.8 Å². The standard InChI is InChI=1S/C69H45N5/c1-4-16-53(17-5-1)71(59-42-51-27-25-49-14-12-23-62-66(49)68(51)64(44-59)73(62)54-18-6-2-7-19-54)56-35-29-46(30-36-56)47-31-37-57(38-32-47)72(58-39-33-48(34-40-58)61-22-10-11-41-70-61)60-43-52-28-26-50-15-13-24-63-67(50)69(52)65(45-60)74(63)55-20-8-3-9-21-55/h1-45H/i1D,4D,5D,16D,17D. The third kappa shape index (κ3) is 6.68. The first-order valence-corrected chi connectivity index (χ1v) is 24.9. The quantitative estimate of drug-likeness (QED) is 0.128. The Bertz CT molecular complexity index is 4780. The number of benzene rings is 12. The second-order valence-electron chi connectivity index (χ2n) is 18.8. The van der Waals surface area contributed by atoms with Gasteiger partial charge in [-0.3, -0.25) is 4.98 Å². The van der Waals surface area contributed by atoms with Crippen LogP contribution < -0.4 is 9.80 Å². The number of rotatable bonds is 10. The van der Waals surface area contributed by atoms with Crippen LogP contribution in [0.15, 0.2) is 273 Å². The van der Waals surface area contributed by atoms with Gasteiger partial charge in [0.2, 0.25) is 0 Å². The summed E-state index contributed by atoms with van der Waals surface area (Å²) in [5.74, 6) is 0. The molecule has 0 unspecified atom stereocenters. The Balaban J connectivity index is 0.860. The molecular formula is C69H45N5. The van der Waals surface area contributed by atoms with E-state index in [1.807, 2.05) is 71.8 Å². The van der Waals surface area contributed by atoms with E-state index in [2.05, 4.69) is 195 Å². The fraction of sp³-hybridized carbons (Fsp3) is 0. The number of nitrogens with zero attached hydrogens (tertiary/aromatic N) is 5. The summed E-state index contributed by atoms with van der Waals surface area (Å²) < 4.78 is 49.4. The van der Waals surface area contributed by atoms with Gasteiger partial charge in [-0.1, -0.05) is 146 Å². The van der Waals surface area contributed by atoms with Gasteiger partial charge < -0.3 is 18.9 Å². The lowest BCUT2D eigenvalue weighted by Crippen LogP contribution is -2.10. The highest BCUT2D eigenvalue weighted by molar-refractivity contribution is 6.26. The molecule has 74 heavy (non-hydrogen) atoms. The molecule has 15 aromatic rings. The molecule has 3 heterocycles. The van der Waals surface area contributed by atoms with Gasteiger partial charge in [0.15, 0.2) is 0 Å². The van der Waals surface area contributed by atoms with Crippen molar-refractivity contribution in [3.05, 3.63) is 273 Å². The zero-order valence-electron chi connectivity index (χ0n) is 44.8. The Kier molecular flexibility index (Phi) is 8.39. The highest BCUT2D eigenvalue weighted by Gasteiger charge is 2.23. The van der Waals surface area contributed by atoms with Crippen molar-refractivity contribution in [1.82, 2.24) is 14.1 Å². The first-order valence-electron chi connectivity index (χ1n) is 27.4. The van der Waals surface area contributed by atoms with Gasteiger partial charge in [-0.25, -0.2) is 0 Å². The monoisotopic (exact) mass is 948 g/mol. The summed E-state index contributed by atoms with van der Waals surface area (Å²) in [7, 11) is 0. The maximum Gasteiger partial charge on any atom is 0.0701 e. The number of aromatic nitrogens is 3. The van der Waals surface area contributed by atoms with Crippen LogP contribution in [0.4, 0.5) is 34.1 Å². The van der Waals surface area contributed by atoms with Gasteiger partial charge in [-0.15, -0.1) is 0 Å². The van der Waals surface area contributed by atoms with Crippen molar-refractivity contribution in [3.8, 4) is 33.8 Å². The Labute approximate surface area is 435 Å². The molecule has 0 N–H and O–H groups in total. The molecule has 0 atom stereocenters. The molecule has 0 aliphatic rings. The highest BCUT2D eigenvalue weighted by atomic mass is 15.2. The zero-order chi connectivity index (χ0) is 53.0. The normalized spacial score (nSPS) is 12.7. The molecule has 3 aromatic heterocycles. The summed E-state index contributed by atoms with van der Waals surface area (Å²) in [4.78, 5) is 8.76. The van der Waals surface area contributed by atoms with Crippen LogP contribution in [0, 0.1) is 0 Å². The van der Waals surface area contributed by atoms with Crippen LogP contribution >= 0.6 is 0 Å². The summed E-state index contributed by atoms with van der Waals surface area (Å²) in [6, 6.07) is 80.6.